The van der Waals surface area contributed by atoms with Gasteiger partial charge in [-0.3, -0.25) is 0 Å². The lowest BCUT2D eigenvalue weighted by atomic mass is 10.1. The Hall–Kier alpha value is -2.48. The first-order valence-electron chi connectivity index (χ1n) is 7.45. The number of hydrogen-bond donors (Lipinski definition) is 1. The number of nitrogens with one attached hydrogen (secondary N) is 1. The van der Waals surface area contributed by atoms with Crippen LogP contribution in [0, 0.1) is 13.8 Å². The lowest BCUT2D eigenvalue weighted by Gasteiger charge is -2.11. The fraction of sp³-hybridized carbons (Fsp3) is 0.200. The predicted octanol–water partition coefficient (Wildman–Crippen LogP) is 3.06. The molecule has 0 spiro atoms. The van der Waals surface area contributed by atoms with E-state index in [0.717, 1.165) is 16.1 Å². The number of H-pyrrole nitrogens is 1. The summed E-state index contributed by atoms with van der Waals surface area (Å²) in [5.74, 6) is 0. The largest absolute Gasteiger partial charge is 0.378 e. The van der Waals surface area contributed by atoms with Crippen LogP contribution in [0.15, 0.2) is 48.7 Å². The summed E-state index contributed by atoms with van der Waals surface area (Å²) in [6.45, 7) is 8.42. The Morgan fingerprint density at radius 2 is 1.68 bits per heavy atom. The molecule has 2 nitrogen and oxygen atoms in total. The van der Waals surface area contributed by atoms with Gasteiger partial charge in [-0.05, 0) is 59.7 Å². The molecule has 0 aliphatic heterocycles. The standard InChI is InChI=1S/C20H24N2/c1-15-8-6-7-13-21-17(3)16(2)20(15)14-18-9-11-19(12-10-18)22(4)5/h6-14,21H,1H2,2-5H3/b8-6?,13-7?,17-16?,20-14+. The summed E-state index contributed by atoms with van der Waals surface area (Å²) in [7, 11) is 4.10. The maximum atomic E-state index is 4.21. The zero-order valence-corrected chi connectivity index (χ0v) is 13.9. The van der Waals surface area contributed by atoms with Crippen LogP contribution in [-0.2, 0) is 0 Å². The minimum absolute atomic E-state index is 1.02. The maximum absolute atomic E-state index is 4.21. The van der Waals surface area contributed by atoms with Crippen molar-refractivity contribution in [3.8, 4) is 0 Å². The van der Waals surface area contributed by atoms with Gasteiger partial charge in [-0.15, -0.1) is 0 Å². The van der Waals surface area contributed by atoms with E-state index in [2.05, 4.69) is 60.7 Å². The van der Waals surface area contributed by atoms with Crippen LogP contribution in [-0.4, -0.2) is 19.1 Å². The molecule has 0 bridgehead atoms. The molecule has 22 heavy (non-hydrogen) atoms. The third-order valence-electron chi connectivity index (χ3n) is 3.84. The first kappa shape index (κ1) is 15.9. The van der Waals surface area contributed by atoms with E-state index in [1.807, 2.05) is 38.5 Å². The molecule has 1 N–H and O–H groups in total. The number of rotatable bonds is 2. The van der Waals surface area contributed by atoms with Crippen molar-refractivity contribution in [1.82, 2.24) is 4.98 Å². The monoisotopic (exact) mass is 292 g/mol. The number of aromatic amines is 1. The van der Waals surface area contributed by atoms with Crippen molar-refractivity contribution in [2.75, 3.05) is 19.0 Å². The van der Waals surface area contributed by atoms with Gasteiger partial charge in [0.2, 0.25) is 0 Å². The van der Waals surface area contributed by atoms with Crippen molar-refractivity contribution in [1.29, 1.82) is 0 Å². The average molecular weight is 292 g/mol. The van der Waals surface area contributed by atoms with Gasteiger partial charge in [0, 0.05) is 31.7 Å². The number of benzene rings is 1. The second-order valence-electron chi connectivity index (χ2n) is 5.68. The summed E-state index contributed by atoms with van der Waals surface area (Å²) in [5, 5.41) is 2.17. The molecule has 0 radical (unpaired) electrons. The highest BCUT2D eigenvalue weighted by Crippen LogP contribution is 2.12. The van der Waals surface area contributed by atoms with Gasteiger partial charge in [0.15, 0.2) is 0 Å². The van der Waals surface area contributed by atoms with Crippen LogP contribution in [0.2, 0.25) is 0 Å². The number of aryl methyl sites for hydroxylation is 1. The van der Waals surface area contributed by atoms with Crippen LogP contribution >= 0.6 is 0 Å². The average Bonchev–Trinajstić information content (AvgIpc) is 2.55. The van der Waals surface area contributed by atoms with E-state index >= 15 is 0 Å². The molecule has 0 fully saturated rings. The quantitative estimate of drug-likeness (QED) is 0.901. The summed E-state index contributed by atoms with van der Waals surface area (Å²) in [6, 6.07) is 14.6. The van der Waals surface area contributed by atoms with Gasteiger partial charge in [-0.1, -0.05) is 30.8 Å². The predicted molar refractivity (Wildman–Crippen MR) is 97.0 cm³/mol. The van der Waals surface area contributed by atoms with Crippen molar-refractivity contribution >= 4 is 18.3 Å². The van der Waals surface area contributed by atoms with Crippen molar-refractivity contribution in [3.63, 3.8) is 0 Å². The van der Waals surface area contributed by atoms with Gasteiger partial charge in [0.1, 0.15) is 0 Å². The molecular weight excluding hydrogens is 268 g/mol. The smallest absolute Gasteiger partial charge is 0.0361 e. The zero-order valence-electron chi connectivity index (χ0n) is 13.9. The van der Waals surface area contributed by atoms with E-state index in [0.29, 0.717) is 0 Å². The normalized spacial score (nSPS) is 11.2. The maximum Gasteiger partial charge on any atom is 0.0361 e. The number of hydrogen-bond acceptors (Lipinski definition) is 1. The Balaban J connectivity index is 2.68. The molecule has 0 atom stereocenters. The molecule has 0 saturated carbocycles. The van der Waals surface area contributed by atoms with E-state index in [4.69, 9.17) is 0 Å². The Bertz CT molecular complexity index is 795. The second-order valence-corrected chi connectivity index (χ2v) is 5.68. The SMILES string of the molecule is C=c1cccc[nH]c(C)c(C)/c1=C/c1ccc(N(C)C)cc1. The van der Waals surface area contributed by atoms with E-state index in [9.17, 15) is 0 Å². The van der Waals surface area contributed by atoms with Gasteiger partial charge < -0.3 is 9.88 Å². The van der Waals surface area contributed by atoms with Gasteiger partial charge in [0.05, 0.1) is 0 Å². The molecule has 2 heteroatoms. The van der Waals surface area contributed by atoms with Crippen LogP contribution in [0.3, 0.4) is 0 Å². The Morgan fingerprint density at radius 1 is 1.00 bits per heavy atom. The molecule has 1 aromatic carbocycles. The Labute approximate surface area is 132 Å². The highest BCUT2D eigenvalue weighted by molar-refractivity contribution is 5.56. The molecule has 114 valence electrons. The molecule has 0 amide bonds. The molecule has 0 saturated heterocycles. The first-order valence-corrected chi connectivity index (χ1v) is 7.45. The minimum Gasteiger partial charge on any atom is -0.378 e. The van der Waals surface area contributed by atoms with Crippen molar-refractivity contribution in [2.24, 2.45) is 0 Å². The van der Waals surface area contributed by atoms with Crippen LogP contribution in [0.5, 0.6) is 0 Å². The van der Waals surface area contributed by atoms with Gasteiger partial charge in [-0.2, -0.15) is 0 Å². The lowest BCUT2D eigenvalue weighted by Crippen LogP contribution is -2.25. The van der Waals surface area contributed by atoms with Crippen LogP contribution < -0.4 is 15.3 Å². The van der Waals surface area contributed by atoms with E-state index < -0.39 is 0 Å². The summed E-state index contributed by atoms with van der Waals surface area (Å²) in [4.78, 5) is 5.39. The summed E-state index contributed by atoms with van der Waals surface area (Å²) < 4.78 is 0. The minimum atomic E-state index is 1.02. The van der Waals surface area contributed by atoms with Crippen LogP contribution in [0.1, 0.15) is 16.8 Å². The molecule has 2 rings (SSSR count). The highest BCUT2D eigenvalue weighted by Gasteiger charge is 1.96. The molecule has 1 heterocycles. The summed E-state index contributed by atoms with van der Waals surface area (Å²) in [5.41, 5.74) is 4.72. The third kappa shape index (κ3) is 3.79. The molecule has 2 aromatic rings. The Kier molecular flexibility index (Phi) is 5.05. The number of aromatic nitrogens is 1. The molecular formula is C20H24N2. The van der Waals surface area contributed by atoms with Crippen molar-refractivity contribution in [2.45, 2.75) is 13.8 Å². The van der Waals surface area contributed by atoms with E-state index in [1.54, 1.807) is 0 Å². The van der Waals surface area contributed by atoms with E-state index in [-0.39, 0.29) is 0 Å². The van der Waals surface area contributed by atoms with Gasteiger partial charge in [-0.25, -0.2) is 0 Å². The first-order chi connectivity index (χ1) is 10.5. The van der Waals surface area contributed by atoms with Gasteiger partial charge >= 0.3 is 0 Å². The molecule has 0 unspecified atom stereocenters. The molecule has 1 aromatic heterocycles. The topological polar surface area (TPSA) is 19.0 Å². The highest BCUT2D eigenvalue weighted by atomic mass is 15.1. The molecule has 0 aliphatic rings. The third-order valence-corrected chi connectivity index (χ3v) is 3.84. The van der Waals surface area contributed by atoms with Gasteiger partial charge in [0.25, 0.3) is 0 Å². The Morgan fingerprint density at radius 3 is 2.32 bits per heavy atom. The van der Waals surface area contributed by atoms with Crippen molar-refractivity contribution in [3.05, 3.63) is 75.9 Å². The fourth-order valence-corrected chi connectivity index (χ4v) is 2.28. The second kappa shape index (κ2) is 6.99. The summed E-state index contributed by atoms with van der Waals surface area (Å²) >= 11 is 0. The zero-order chi connectivity index (χ0) is 16.1. The number of anilines is 1. The van der Waals surface area contributed by atoms with Crippen LogP contribution in [0.25, 0.3) is 12.7 Å². The van der Waals surface area contributed by atoms with E-state index in [1.165, 1.54) is 16.8 Å². The number of nitrogens with zero attached hydrogens (tertiary/aromatic N) is 1. The summed E-state index contributed by atoms with van der Waals surface area (Å²) in [6.07, 6.45) is 4.13. The van der Waals surface area contributed by atoms with Crippen LogP contribution in [0.4, 0.5) is 5.69 Å². The van der Waals surface area contributed by atoms with Crippen molar-refractivity contribution < 1.29 is 0 Å². The lowest BCUT2D eigenvalue weighted by molar-refractivity contribution is 1.13. The fourth-order valence-electron chi connectivity index (χ4n) is 2.28. The molecule has 0 aliphatic carbocycles.